The van der Waals surface area contributed by atoms with Gasteiger partial charge in [-0.3, -0.25) is 9.79 Å². The molecule has 0 atom stereocenters. The van der Waals surface area contributed by atoms with E-state index >= 15 is 0 Å². The van der Waals surface area contributed by atoms with E-state index in [2.05, 4.69) is 10.3 Å². The summed E-state index contributed by atoms with van der Waals surface area (Å²) in [4.78, 5) is 20.2. The number of anilines is 1. The molecule has 0 bridgehead atoms. The molecule has 0 saturated carbocycles. The summed E-state index contributed by atoms with van der Waals surface area (Å²) in [6.45, 7) is 5.78. The fraction of sp³-hybridized carbons (Fsp3) is 0.600. The fourth-order valence-corrected chi connectivity index (χ4v) is 5.08. The maximum absolute atomic E-state index is 12.2. The Labute approximate surface area is 167 Å². The van der Waals surface area contributed by atoms with Crippen LogP contribution in [0.25, 0.3) is 0 Å². The summed E-state index contributed by atoms with van der Waals surface area (Å²) < 4.78 is 23.6. The summed E-state index contributed by atoms with van der Waals surface area (Å²) in [6, 6.07) is 8.00. The third-order valence-corrected chi connectivity index (χ3v) is 8.11. The number of piperidine rings is 1. The van der Waals surface area contributed by atoms with E-state index < -0.39 is 14.6 Å². The molecule has 8 heteroatoms. The van der Waals surface area contributed by atoms with Crippen LogP contribution in [0.2, 0.25) is 0 Å². The number of sulfone groups is 1. The lowest BCUT2D eigenvalue weighted by Gasteiger charge is -2.39. The first kappa shape index (κ1) is 20.6. The Hall–Kier alpha value is -2.09. The highest BCUT2D eigenvalue weighted by molar-refractivity contribution is 7.92. The van der Waals surface area contributed by atoms with Gasteiger partial charge in [0.1, 0.15) is 0 Å². The molecule has 1 amide bonds. The predicted octanol–water partition coefficient (Wildman–Crippen LogP) is 1.79. The maximum atomic E-state index is 12.2. The topological polar surface area (TPSA) is 82.1 Å². The molecule has 7 nitrogen and oxygen atoms in total. The first-order chi connectivity index (χ1) is 13.2. The fourth-order valence-electron chi connectivity index (χ4n) is 3.71. The number of carbonyl (C=O) groups is 1. The van der Waals surface area contributed by atoms with Crippen LogP contribution in [0.4, 0.5) is 5.69 Å². The van der Waals surface area contributed by atoms with Crippen LogP contribution in [0, 0.1) is 0 Å². The second-order valence-electron chi connectivity index (χ2n) is 8.07. The lowest BCUT2D eigenvalue weighted by Crippen LogP contribution is -2.57. The van der Waals surface area contributed by atoms with Crippen LogP contribution in [0.1, 0.15) is 38.7 Å². The van der Waals surface area contributed by atoms with E-state index in [9.17, 15) is 13.2 Å². The number of rotatable bonds is 3. The maximum Gasteiger partial charge on any atom is 0.226 e. The molecule has 1 N–H and O–H groups in total. The van der Waals surface area contributed by atoms with Gasteiger partial charge in [0.25, 0.3) is 0 Å². The average molecular weight is 407 g/mol. The van der Waals surface area contributed by atoms with Crippen LogP contribution < -0.4 is 10.2 Å². The van der Waals surface area contributed by atoms with Gasteiger partial charge >= 0.3 is 0 Å². The number of benzene rings is 1. The van der Waals surface area contributed by atoms with E-state index in [-0.39, 0.29) is 11.7 Å². The van der Waals surface area contributed by atoms with Gasteiger partial charge in [-0.2, -0.15) is 0 Å². The Morgan fingerprint density at radius 3 is 2.50 bits per heavy atom. The normalized spacial score (nSPS) is 22.2. The van der Waals surface area contributed by atoms with Crippen molar-refractivity contribution in [2.24, 2.45) is 4.99 Å². The highest BCUT2D eigenvalue weighted by Crippen LogP contribution is 2.24. The second-order valence-corrected chi connectivity index (χ2v) is 10.8. The van der Waals surface area contributed by atoms with Crippen LogP contribution in [0.5, 0.6) is 0 Å². The smallest absolute Gasteiger partial charge is 0.226 e. The van der Waals surface area contributed by atoms with Crippen molar-refractivity contribution in [3.8, 4) is 0 Å². The van der Waals surface area contributed by atoms with Crippen LogP contribution in [0.3, 0.4) is 0 Å². The quantitative estimate of drug-likeness (QED) is 0.611. The van der Waals surface area contributed by atoms with Crippen molar-refractivity contribution in [1.29, 1.82) is 0 Å². The van der Waals surface area contributed by atoms with Gasteiger partial charge in [0, 0.05) is 45.3 Å². The molecule has 0 spiro atoms. The van der Waals surface area contributed by atoms with Gasteiger partial charge in [-0.05, 0) is 44.4 Å². The van der Waals surface area contributed by atoms with E-state index in [1.54, 1.807) is 20.9 Å². The highest BCUT2D eigenvalue weighted by atomic mass is 32.2. The van der Waals surface area contributed by atoms with E-state index in [0.29, 0.717) is 32.0 Å². The number of nitrogens with one attached hydrogen (secondary N) is 1. The summed E-state index contributed by atoms with van der Waals surface area (Å²) in [6.07, 6.45) is 2.65. The van der Waals surface area contributed by atoms with Crippen molar-refractivity contribution in [3.63, 3.8) is 0 Å². The van der Waals surface area contributed by atoms with Gasteiger partial charge in [-0.1, -0.05) is 12.1 Å². The largest absolute Gasteiger partial charge is 0.352 e. The summed E-state index contributed by atoms with van der Waals surface area (Å²) in [7, 11) is -1.37. The molecule has 0 aliphatic carbocycles. The Balaban J connectivity index is 1.60. The van der Waals surface area contributed by atoms with Crippen molar-refractivity contribution in [2.45, 2.75) is 44.4 Å². The number of carbonyl (C=O) groups excluding carboxylic acids is 1. The van der Waals surface area contributed by atoms with E-state index in [0.717, 1.165) is 30.6 Å². The molecule has 0 aromatic heterocycles. The summed E-state index contributed by atoms with van der Waals surface area (Å²) in [5.41, 5.74) is 2.03. The number of hydrogen-bond acceptors (Lipinski definition) is 4. The molecule has 154 valence electrons. The van der Waals surface area contributed by atoms with Gasteiger partial charge in [0.05, 0.1) is 10.5 Å². The first-order valence-electron chi connectivity index (χ1n) is 9.81. The Morgan fingerprint density at radius 1 is 1.18 bits per heavy atom. The van der Waals surface area contributed by atoms with Gasteiger partial charge < -0.3 is 15.1 Å². The van der Waals surface area contributed by atoms with Gasteiger partial charge in [0.2, 0.25) is 5.91 Å². The number of hydrogen-bond donors (Lipinski definition) is 1. The summed E-state index contributed by atoms with van der Waals surface area (Å²) in [5.74, 6) is 1.04. The zero-order valence-electron chi connectivity index (χ0n) is 16.9. The Bertz CT molecular complexity index is 847. The van der Waals surface area contributed by atoms with Crippen LogP contribution in [-0.4, -0.2) is 62.4 Å². The number of aliphatic imine (C=N–C) groups is 1. The zero-order valence-corrected chi connectivity index (χ0v) is 17.8. The third-order valence-electron chi connectivity index (χ3n) is 5.58. The molecule has 1 aromatic carbocycles. The molecule has 2 heterocycles. The number of guanidine groups is 1. The molecule has 0 radical (unpaired) electrons. The number of nitrogens with zero attached hydrogens (tertiary/aromatic N) is 3. The molecule has 1 aromatic rings. The molecule has 2 aliphatic heterocycles. The summed E-state index contributed by atoms with van der Waals surface area (Å²) in [5, 5.41) is 3.33. The monoisotopic (exact) mass is 406 g/mol. The average Bonchev–Trinajstić information content (AvgIpc) is 2.66. The van der Waals surface area contributed by atoms with E-state index in [4.69, 9.17) is 0 Å². The predicted molar refractivity (Wildman–Crippen MR) is 112 cm³/mol. The standard InChI is InChI=1S/C20H30N4O3S/c1-20(2)15-23(12-13-28(20,26)27)19(21-3)22-14-16-7-9-17(10-8-16)24-11-5-4-6-18(24)25/h7-10H,4-6,11-15H2,1-3H3,(H,21,22). The zero-order chi connectivity index (χ0) is 20.4. The van der Waals surface area contributed by atoms with Crippen molar-refractivity contribution in [3.05, 3.63) is 29.8 Å². The molecule has 0 unspecified atom stereocenters. The second kappa shape index (κ2) is 8.11. The van der Waals surface area contributed by atoms with Crippen molar-refractivity contribution in [2.75, 3.05) is 37.3 Å². The minimum absolute atomic E-state index is 0.138. The van der Waals surface area contributed by atoms with Crippen molar-refractivity contribution in [1.82, 2.24) is 10.2 Å². The van der Waals surface area contributed by atoms with Crippen molar-refractivity contribution >= 4 is 27.4 Å². The SMILES string of the molecule is CN=C(NCc1ccc(N2CCCCC2=O)cc1)N1CCS(=O)(=O)C(C)(C)C1. The third kappa shape index (κ3) is 4.32. The van der Waals surface area contributed by atoms with Crippen molar-refractivity contribution < 1.29 is 13.2 Å². The molecule has 2 aliphatic rings. The van der Waals surface area contributed by atoms with E-state index in [1.165, 1.54) is 0 Å². The molecule has 2 saturated heterocycles. The van der Waals surface area contributed by atoms with Crippen LogP contribution >= 0.6 is 0 Å². The summed E-state index contributed by atoms with van der Waals surface area (Å²) >= 11 is 0. The number of amides is 1. The van der Waals surface area contributed by atoms with Crippen LogP contribution in [0.15, 0.2) is 29.3 Å². The van der Waals surface area contributed by atoms with Gasteiger partial charge in [-0.25, -0.2) is 8.42 Å². The molecule has 28 heavy (non-hydrogen) atoms. The van der Waals surface area contributed by atoms with E-state index in [1.807, 2.05) is 34.1 Å². The highest BCUT2D eigenvalue weighted by Gasteiger charge is 2.40. The lowest BCUT2D eigenvalue weighted by molar-refractivity contribution is -0.119. The Kier molecular flexibility index (Phi) is 5.98. The van der Waals surface area contributed by atoms with Gasteiger partial charge in [0.15, 0.2) is 15.8 Å². The minimum Gasteiger partial charge on any atom is -0.352 e. The molecule has 2 fully saturated rings. The molecule has 3 rings (SSSR count). The van der Waals surface area contributed by atoms with Crippen LogP contribution in [-0.2, 0) is 21.2 Å². The minimum atomic E-state index is -3.08. The molecular weight excluding hydrogens is 376 g/mol. The van der Waals surface area contributed by atoms with Gasteiger partial charge in [-0.15, -0.1) is 0 Å². The lowest BCUT2D eigenvalue weighted by atomic mass is 10.1. The first-order valence-corrected chi connectivity index (χ1v) is 11.5. The Morgan fingerprint density at radius 2 is 1.89 bits per heavy atom. The molecular formula is C20H30N4O3S.